The number of hydrogen-bond donors (Lipinski definition) is 0. The average molecular weight is 218 g/mol. The fourth-order valence-corrected chi connectivity index (χ4v) is 0.335. The van der Waals surface area contributed by atoms with E-state index in [9.17, 15) is 24.3 Å². The predicted octanol–water partition coefficient (Wildman–Crippen LogP) is -11.8. The molecule has 0 rings (SSSR count). The first-order valence-corrected chi connectivity index (χ1v) is 3.33. The van der Waals surface area contributed by atoms with Crippen LogP contribution in [0.1, 0.15) is 0 Å². The van der Waals surface area contributed by atoms with E-state index in [-0.39, 0.29) is 88.7 Å². The monoisotopic (exact) mass is 218 g/mol. The molecule has 0 atom stereocenters. The summed E-state index contributed by atoms with van der Waals surface area (Å²) in [5.74, 6) is -2.05. The van der Waals surface area contributed by atoms with Gasteiger partial charge in [-0.05, 0) is 12.9 Å². The Morgan fingerprint density at radius 1 is 1.17 bits per heavy atom. The van der Waals surface area contributed by atoms with Crippen LogP contribution in [0.5, 0.6) is 0 Å². The third kappa shape index (κ3) is 10.4. The third-order valence-corrected chi connectivity index (χ3v) is 1.41. The van der Waals surface area contributed by atoms with Gasteiger partial charge in [-0.25, -0.2) is 0 Å². The zero-order valence-corrected chi connectivity index (χ0v) is 14.1. The summed E-state index contributed by atoms with van der Waals surface area (Å²) in [5.41, 5.74) is 0. The molecule has 9 heteroatoms. The Balaban J connectivity index is -0.000000107. The second-order valence-corrected chi connectivity index (χ2v) is 2.77. The maximum Gasteiger partial charge on any atom is 1.00 e. The number of aliphatic carboxylic acids is 1. The molecule has 0 unspecified atom stereocenters. The summed E-state index contributed by atoms with van der Waals surface area (Å²) in [7, 11) is -5.17. The van der Waals surface area contributed by atoms with Gasteiger partial charge in [0.15, 0.2) is 0 Å². The SMILES string of the molecule is C=C(C(=O)[O-])P(=O)([O-])[O-].[Na+].[Na+].[Na+]. The molecular formula is C3H2Na3O5P. The summed E-state index contributed by atoms with van der Waals surface area (Å²) in [5, 5.41) is 8.15. The van der Waals surface area contributed by atoms with E-state index in [4.69, 9.17) is 0 Å². The number of carbonyl (C=O) groups excluding carboxylic acids is 1. The van der Waals surface area contributed by atoms with E-state index in [1.165, 1.54) is 0 Å². The molecule has 0 bridgehead atoms. The number of carboxylic acids is 1. The van der Waals surface area contributed by atoms with Gasteiger partial charge in [0.25, 0.3) is 0 Å². The summed E-state index contributed by atoms with van der Waals surface area (Å²) in [6, 6.07) is 0. The van der Waals surface area contributed by atoms with Gasteiger partial charge in [-0.3, -0.25) is 0 Å². The molecular weight excluding hydrogens is 216 g/mol. The molecule has 0 N–H and O–H groups in total. The zero-order chi connectivity index (χ0) is 7.65. The smallest absolute Gasteiger partial charge is 0.807 e. The summed E-state index contributed by atoms with van der Waals surface area (Å²) in [6.07, 6.45) is 0. The van der Waals surface area contributed by atoms with Crippen molar-refractivity contribution in [3.05, 3.63) is 11.9 Å². The molecule has 0 saturated heterocycles. The van der Waals surface area contributed by atoms with E-state index in [1.807, 2.05) is 0 Å². The molecule has 0 saturated carbocycles. The van der Waals surface area contributed by atoms with Crippen molar-refractivity contribution < 1.29 is 113 Å². The second kappa shape index (κ2) is 9.90. The van der Waals surface area contributed by atoms with Crippen molar-refractivity contribution >= 4 is 13.6 Å². The van der Waals surface area contributed by atoms with Crippen LogP contribution in [0, 0.1) is 0 Å². The molecule has 0 fully saturated rings. The molecule has 0 amide bonds. The quantitative estimate of drug-likeness (QED) is 0.260. The van der Waals surface area contributed by atoms with Crippen molar-refractivity contribution in [3.8, 4) is 0 Å². The van der Waals surface area contributed by atoms with Crippen molar-refractivity contribution in [2.24, 2.45) is 0 Å². The van der Waals surface area contributed by atoms with Crippen molar-refractivity contribution in [2.45, 2.75) is 0 Å². The van der Waals surface area contributed by atoms with Gasteiger partial charge >= 0.3 is 88.7 Å². The Morgan fingerprint density at radius 3 is 1.42 bits per heavy atom. The third-order valence-electron chi connectivity index (χ3n) is 0.566. The van der Waals surface area contributed by atoms with Gasteiger partial charge in [0, 0.05) is 0 Å². The van der Waals surface area contributed by atoms with E-state index in [1.54, 1.807) is 0 Å². The minimum absolute atomic E-state index is 0. The normalized spacial score (nSPS) is 8.17. The first-order chi connectivity index (χ1) is 3.85. The summed E-state index contributed by atoms with van der Waals surface area (Å²) in [6.45, 7) is 2.48. The van der Waals surface area contributed by atoms with Gasteiger partial charge < -0.3 is 24.3 Å². The van der Waals surface area contributed by atoms with Crippen molar-refractivity contribution in [2.75, 3.05) is 0 Å². The average Bonchev–Trinajstić information content (AvgIpc) is 1.62. The maximum absolute atomic E-state index is 9.72. The molecule has 0 spiro atoms. The zero-order valence-electron chi connectivity index (χ0n) is 7.20. The Morgan fingerprint density at radius 2 is 1.42 bits per heavy atom. The van der Waals surface area contributed by atoms with Crippen molar-refractivity contribution in [1.82, 2.24) is 0 Å². The number of hydrogen-bond acceptors (Lipinski definition) is 5. The second-order valence-electron chi connectivity index (χ2n) is 1.23. The van der Waals surface area contributed by atoms with Crippen LogP contribution in [0.25, 0.3) is 0 Å². The Kier molecular flexibility index (Phi) is 19.7. The van der Waals surface area contributed by atoms with Crippen LogP contribution in [0.2, 0.25) is 0 Å². The van der Waals surface area contributed by atoms with Crippen LogP contribution in [-0.2, 0) is 9.36 Å². The topological polar surface area (TPSA) is 103 Å². The standard InChI is InChI=1S/C3H5O5P.3Na/c1-2(3(4)5)9(6,7)8;;;/h1H2,(H,4,5)(H2,6,7,8);;;/q;3*+1/p-3. The summed E-state index contributed by atoms with van der Waals surface area (Å²) >= 11 is 0. The van der Waals surface area contributed by atoms with Crippen LogP contribution in [0.15, 0.2) is 11.9 Å². The van der Waals surface area contributed by atoms with Crippen molar-refractivity contribution in [3.63, 3.8) is 0 Å². The van der Waals surface area contributed by atoms with Crippen LogP contribution in [0.4, 0.5) is 0 Å². The van der Waals surface area contributed by atoms with Gasteiger partial charge in [-0.15, -0.1) is 0 Å². The molecule has 0 aliphatic rings. The Bertz CT molecular complexity index is 198. The number of carboxylic acid groups (broad SMARTS) is 1. The fraction of sp³-hybridized carbons (Fsp3) is 0. The maximum atomic E-state index is 9.72. The molecule has 52 valence electrons. The molecule has 0 radical (unpaired) electrons. The minimum atomic E-state index is -5.17. The van der Waals surface area contributed by atoms with Gasteiger partial charge in [0.05, 0.1) is 5.97 Å². The van der Waals surface area contributed by atoms with Crippen LogP contribution in [-0.4, -0.2) is 5.97 Å². The Labute approximate surface area is 136 Å². The first-order valence-electron chi connectivity index (χ1n) is 1.78. The van der Waals surface area contributed by atoms with Gasteiger partial charge in [0.2, 0.25) is 0 Å². The minimum Gasteiger partial charge on any atom is -0.807 e. The van der Waals surface area contributed by atoms with E-state index in [0.717, 1.165) is 0 Å². The molecule has 0 aliphatic carbocycles. The van der Waals surface area contributed by atoms with Gasteiger partial charge in [-0.2, -0.15) is 0 Å². The fourth-order valence-electron chi connectivity index (χ4n) is 0.112. The summed E-state index contributed by atoms with van der Waals surface area (Å²) in [4.78, 5) is 29.0. The van der Waals surface area contributed by atoms with E-state index < -0.39 is 18.9 Å². The van der Waals surface area contributed by atoms with Crippen LogP contribution in [0.3, 0.4) is 0 Å². The van der Waals surface area contributed by atoms with E-state index in [0.29, 0.717) is 0 Å². The molecule has 0 heterocycles. The first kappa shape index (κ1) is 23.9. The molecule has 0 aliphatic heterocycles. The largest absolute Gasteiger partial charge is 1.00 e. The molecule has 0 aromatic rings. The van der Waals surface area contributed by atoms with Gasteiger partial charge in [0.1, 0.15) is 0 Å². The number of carbonyl (C=O) groups is 1. The van der Waals surface area contributed by atoms with Crippen LogP contribution >= 0.6 is 7.60 Å². The molecule has 0 aromatic carbocycles. The number of rotatable bonds is 2. The van der Waals surface area contributed by atoms with Crippen molar-refractivity contribution in [1.29, 1.82) is 0 Å². The van der Waals surface area contributed by atoms with Gasteiger partial charge in [-0.1, -0.05) is 6.58 Å². The Hall–Kier alpha value is 2.36. The molecule has 12 heavy (non-hydrogen) atoms. The van der Waals surface area contributed by atoms with E-state index >= 15 is 0 Å². The summed E-state index contributed by atoms with van der Waals surface area (Å²) < 4.78 is 9.72. The molecule has 0 aromatic heterocycles. The predicted molar refractivity (Wildman–Crippen MR) is 21.8 cm³/mol. The van der Waals surface area contributed by atoms with E-state index in [2.05, 4.69) is 6.58 Å². The molecule has 5 nitrogen and oxygen atoms in total. The van der Waals surface area contributed by atoms with Crippen LogP contribution < -0.4 is 104 Å².